The second-order valence-corrected chi connectivity index (χ2v) is 9.57. The topological polar surface area (TPSA) is 63.2 Å². The van der Waals surface area contributed by atoms with Crippen LogP contribution >= 0.6 is 11.6 Å². The second-order valence-electron chi connectivity index (χ2n) is 6.69. The first-order chi connectivity index (χ1) is 10.9. The van der Waals surface area contributed by atoms with Crippen molar-refractivity contribution in [3.05, 3.63) is 34.9 Å². The van der Waals surface area contributed by atoms with E-state index in [-0.39, 0.29) is 30.5 Å². The smallest absolute Gasteiger partial charge is 0.221 e. The molecule has 1 aromatic rings. The van der Waals surface area contributed by atoms with Gasteiger partial charge >= 0.3 is 0 Å². The van der Waals surface area contributed by atoms with Gasteiger partial charge in [-0.3, -0.25) is 4.79 Å². The number of sulfone groups is 1. The Morgan fingerprint density at radius 1 is 1.30 bits per heavy atom. The van der Waals surface area contributed by atoms with E-state index in [9.17, 15) is 13.2 Å². The molecule has 1 amide bonds. The summed E-state index contributed by atoms with van der Waals surface area (Å²) in [5.74, 6) is -0.113. The highest BCUT2D eigenvalue weighted by molar-refractivity contribution is 7.92. The zero-order valence-corrected chi connectivity index (χ0v) is 14.6. The summed E-state index contributed by atoms with van der Waals surface area (Å²) in [6.07, 6.45) is 4.09. The van der Waals surface area contributed by atoms with Crippen LogP contribution in [0, 0.1) is 5.92 Å². The molecule has 1 aliphatic heterocycles. The molecular formula is C17H22ClNO3S. The molecule has 23 heavy (non-hydrogen) atoms. The maximum absolute atomic E-state index is 13.0. The Balaban J connectivity index is 1.97. The summed E-state index contributed by atoms with van der Waals surface area (Å²) in [6, 6.07) is 7.59. The third-order valence-corrected chi connectivity index (χ3v) is 8.19. The Bertz CT molecular complexity index is 704. The molecule has 0 unspecified atom stereocenters. The lowest BCUT2D eigenvalue weighted by Crippen LogP contribution is -2.50. The molecule has 1 aromatic carbocycles. The standard InChI is InChI=1S/C17H22ClNO3S/c18-15-6-3-4-13(11-15)10-14-5-1-2-7-17(14)12-16(20)19-8-9-23(17,21)22/h3-4,6,11,14H,1-2,5,7-10,12H2,(H,19,20)/t14-,17-/m0/s1. The number of rotatable bonds is 2. The van der Waals surface area contributed by atoms with Crippen molar-refractivity contribution in [1.82, 2.24) is 5.32 Å². The molecule has 1 saturated carbocycles. The van der Waals surface area contributed by atoms with Gasteiger partial charge in [-0.2, -0.15) is 0 Å². The maximum atomic E-state index is 13.0. The number of nitrogens with one attached hydrogen (secondary N) is 1. The van der Waals surface area contributed by atoms with Crippen LogP contribution in [0.3, 0.4) is 0 Å². The number of hydrogen-bond donors (Lipinski definition) is 1. The van der Waals surface area contributed by atoms with E-state index in [0.29, 0.717) is 17.9 Å². The fourth-order valence-electron chi connectivity index (χ4n) is 4.13. The molecule has 0 aromatic heterocycles. The predicted octanol–water partition coefficient (Wildman–Crippen LogP) is 2.75. The molecule has 2 atom stereocenters. The van der Waals surface area contributed by atoms with E-state index in [0.717, 1.165) is 24.8 Å². The van der Waals surface area contributed by atoms with Gasteiger partial charge in [-0.1, -0.05) is 36.6 Å². The van der Waals surface area contributed by atoms with Crippen LogP contribution in [0.5, 0.6) is 0 Å². The molecule has 1 saturated heterocycles. The Morgan fingerprint density at radius 2 is 2.13 bits per heavy atom. The monoisotopic (exact) mass is 355 g/mol. The molecule has 0 bridgehead atoms. The largest absolute Gasteiger partial charge is 0.355 e. The highest BCUT2D eigenvalue weighted by Crippen LogP contribution is 2.45. The van der Waals surface area contributed by atoms with Crippen molar-refractivity contribution in [3.63, 3.8) is 0 Å². The average molecular weight is 356 g/mol. The molecule has 4 nitrogen and oxygen atoms in total. The molecule has 3 rings (SSSR count). The van der Waals surface area contributed by atoms with E-state index in [4.69, 9.17) is 11.6 Å². The van der Waals surface area contributed by atoms with E-state index in [1.807, 2.05) is 24.3 Å². The summed E-state index contributed by atoms with van der Waals surface area (Å²) in [7, 11) is -3.31. The number of carbonyl (C=O) groups is 1. The average Bonchev–Trinajstić information content (AvgIpc) is 2.59. The van der Waals surface area contributed by atoms with Gasteiger partial charge in [0.05, 0.1) is 10.5 Å². The third kappa shape index (κ3) is 3.26. The van der Waals surface area contributed by atoms with Crippen molar-refractivity contribution >= 4 is 27.3 Å². The van der Waals surface area contributed by atoms with Gasteiger partial charge in [0.1, 0.15) is 0 Å². The summed E-state index contributed by atoms with van der Waals surface area (Å²) < 4.78 is 25.0. The van der Waals surface area contributed by atoms with Gasteiger partial charge < -0.3 is 5.32 Å². The Morgan fingerprint density at radius 3 is 2.91 bits per heavy atom. The fourth-order valence-corrected chi connectivity index (χ4v) is 6.64. The molecule has 1 N–H and O–H groups in total. The molecule has 126 valence electrons. The van der Waals surface area contributed by atoms with E-state index in [2.05, 4.69) is 5.32 Å². The SMILES string of the molecule is O=C1C[C@]2(CCCC[C@H]2Cc2cccc(Cl)c2)S(=O)(=O)CCN1. The Kier molecular flexibility index (Phi) is 4.70. The maximum Gasteiger partial charge on any atom is 0.221 e. The molecular weight excluding hydrogens is 334 g/mol. The fraction of sp³-hybridized carbons (Fsp3) is 0.588. The first-order valence-corrected chi connectivity index (χ1v) is 10.2. The van der Waals surface area contributed by atoms with Crippen molar-refractivity contribution < 1.29 is 13.2 Å². The minimum absolute atomic E-state index is 0.0245. The van der Waals surface area contributed by atoms with E-state index >= 15 is 0 Å². The van der Waals surface area contributed by atoms with Gasteiger partial charge in [-0.05, 0) is 42.9 Å². The van der Waals surface area contributed by atoms with Crippen molar-refractivity contribution in [3.8, 4) is 0 Å². The van der Waals surface area contributed by atoms with Crippen LogP contribution in [-0.2, 0) is 21.1 Å². The number of amides is 1. The van der Waals surface area contributed by atoms with E-state index in [1.54, 1.807) is 0 Å². The van der Waals surface area contributed by atoms with Crippen molar-refractivity contribution in [1.29, 1.82) is 0 Å². The Hall–Kier alpha value is -1.07. The lowest BCUT2D eigenvalue weighted by molar-refractivity contribution is -0.121. The van der Waals surface area contributed by atoms with Crippen molar-refractivity contribution in [2.45, 2.75) is 43.3 Å². The number of benzene rings is 1. The van der Waals surface area contributed by atoms with E-state index < -0.39 is 14.6 Å². The molecule has 1 spiro atoms. The summed E-state index contributed by atoms with van der Waals surface area (Å²) >= 11 is 6.06. The van der Waals surface area contributed by atoms with Gasteiger partial charge in [-0.25, -0.2) is 8.42 Å². The highest BCUT2D eigenvalue weighted by Gasteiger charge is 2.52. The van der Waals surface area contributed by atoms with Gasteiger partial charge in [0.15, 0.2) is 9.84 Å². The molecule has 2 aliphatic rings. The van der Waals surface area contributed by atoms with Crippen LogP contribution in [0.4, 0.5) is 0 Å². The van der Waals surface area contributed by atoms with Crippen LogP contribution in [-0.4, -0.2) is 31.4 Å². The first kappa shape index (κ1) is 16.8. The zero-order valence-electron chi connectivity index (χ0n) is 13.1. The minimum atomic E-state index is -3.31. The summed E-state index contributed by atoms with van der Waals surface area (Å²) in [4.78, 5) is 12.1. The minimum Gasteiger partial charge on any atom is -0.355 e. The molecule has 1 aliphatic carbocycles. The van der Waals surface area contributed by atoms with Gasteiger partial charge in [0, 0.05) is 18.0 Å². The van der Waals surface area contributed by atoms with E-state index in [1.165, 1.54) is 0 Å². The van der Waals surface area contributed by atoms with Crippen molar-refractivity contribution in [2.75, 3.05) is 12.3 Å². The molecule has 6 heteroatoms. The number of halogens is 1. The van der Waals surface area contributed by atoms with Gasteiger partial charge in [0.25, 0.3) is 0 Å². The summed E-state index contributed by atoms with van der Waals surface area (Å²) in [5.41, 5.74) is 1.05. The lowest BCUT2D eigenvalue weighted by Gasteiger charge is -2.42. The lowest BCUT2D eigenvalue weighted by atomic mass is 9.73. The molecule has 2 fully saturated rings. The van der Waals surface area contributed by atoms with Crippen LogP contribution in [0.25, 0.3) is 0 Å². The van der Waals surface area contributed by atoms with Gasteiger partial charge in [-0.15, -0.1) is 0 Å². The Labute approximate surface area is 142 Å². The molecule has 1 heterocycles. The number of hydrogen-bond acceptors (Lipinski definition) is 3. The van der Waals surface area contributed by atoms with Crippen LogP contribution in [0.1, 0.15) is 37.7 Å². The summed E-state index contributed by atoms with van der Waals surface area (Å²) in [6.45, 7) is 0.229. The summed E-state index contributed by atoms with van der Waals surface area (Å²) in [5, 5.41) is 3.39. The van der Waals surface area contributed by atoms with Crippen molar-refractivity contribution in [2.24, 2.45) is 5.92 Å². The normalized spacial score (nSPS) is 30.7. The number of carbonyl (C=O) groups excluding carboxylic acids is 1. The van der Waals surface area contributed by atoms with Gasteiger partial charge in [0.2, 0.25) is 5.91 Å². The first-order valence-electron chi connectivity index (χ1n) is 8.16. The zero-order chi connectivity index (χ0) is 16.5. The predicted molar refractivity (Wildman–Crippen MR) is 91.3 cm³/mol. The van der Waals surface area contributed by atoms with Crippen LogP contribution < -0.4 is 5.32 Å². The second kappa shape index (κ2) is 6.44. The quantitative estimate of drug-likeness (QED) is 0.887. The molecule has 0 radical (unpaired) electrons. The van der Waals surface area contributed by atoms with Crippen LogP contribution in [0.2, 0.25) is 5.02 Å². The third-order valence-electron chi connectivity index (χ3n) is 5.29. The highest BCUT2D eigenvalue weighted by atomic mass is 35.5. The van der Waals surface area contributed by atoms with Crippen LogP contribution in [0.15, 0.2) is 24.3 Å².